The number of amides is 3. The van der Waals surface area contributed by atoms with Gasteiger partial charge in [0.15, 0.2) is 12.4 Å². The molecule has 1 heterocycles. The van der Waals surface area contributed by atoms with Crippen molar-refractivity contribution in [2.45, 2.75) is 6.92 Å². The quantitative estimate of drug-likeness (QED) is 0.582. The van der Waals surface area contributed by atoms with Gasteiger partial charge in [0.25, 0.3) is 5.91 Å². The van der Waals surface area contributed by atoms with Gasteiger partial charge in [-0.05, 0) is 46.6 Å². The average Bonchev–Trinajstić information content (AvgIpc) is 2.71. The molecule has 9 heteroatoms. The third kappa shape index (κ3) is 3.83. The van der Waals surface area contributed by atoms with Crippen molar-refractivity contribution in [3.63, 3.8) is 0 Å². The van der Waals surface area contributed by atoms with Crippen LogP contribution in [0.2, 0.25) is 5.02 Å². The van der Waals surface area contributed by atoms with Crippen LogP contribution in [-0.2, 0) is 9.59 Å². The molecule has 0 atom stereocenters. The molecule has 1 aliphatic heterocycles. The SMILES string of the molecule is CCN1C(=O)N/C(=C/c2cc(Cl)c(OCC(=O)O)c(Br)c2)C1=O. The van der Waals surface area contributed by atoms with Crippen LogP contribution in [0.25, 0.3) is 6.08 Å². The molecular weight excluding hydrogens is 392 g/mol. The van der Waals surface area contributed by atoms with E-state index >= 15 is 0 Å². The number of nitrogens with one attached hydrogen (secondary N) is 1. The van der Waals surface area contributed by atoms with Crippen LogP contribution in [0.3, 0.4) is 0 Å². The van der Waals surface area contributed by atoms with Crippen molar-refractivity contribution in [2.24, 2.45) is 0 Å². The molecule has 0 bridgehead atoms. The molecule has 1 saturated heterocycles. The minimum Gasteiger partial charge on any atom is -0.479 e. The highest BCUT2D eigenvalue weighted by Gasteiger charge is 2.32. The van der Waals surface area contributed by atoms with Crippen LogP contribution in [0.4, 0.5) is 4.79 Å². The fourth-order valence-electron chi connectivity index (χ4n) is 1.96. The maximum Gasteiger partial charge on any atom is 0.341 e. The lowest BCUT2D eigenvalue weighted by Crippen LogP contribution is -2.30. The van der Waals surface area contributed by atoms with Crippen molar-refractivity contribution in [3.8, 4) is 5.75 Å². The summed E-state index contributed by atoms with van der Waals surface area (Å²) in [7, 11) is 0. The fraction of sp³-hybridized carbons (Fsp3) is 0.214. The largest absolute Gasteiger partial charge is 0.479 e. The number of nitrogens with zero attached hydrogens (tertiary/aromatic N) is 1. The summed E-state index contributed by atoms with van der Waals surface area (Å²) in [5.74, 6) is -1.36. The van der Waals surface area contributed by atoms with E-state index < -0.39 is 24.5 Å². The number of carboxylic acid groups (broad SMARTS) is 1. The Morgan fingerprint density at radius 3 is 2.70 bits per heavy atom. The van der Waals surface area contributed by atoms with Gasteiger partial charge in [-0.2, -0.15) is 0 Å². The van der Waals surface area contributed by atoms with Crippen LogP contribution >= 0.6 is 27.5 Å². The lowest BCUT2D eigenvalue weighted by atomic mass is 10.2. The normalized spacial score (nSPS) is 16.0. The van der Waals surface area contributed by atoms with Crippen LogP contribution in [0.1, 0.15) is 12.5 Å². The number of hydrogen-bond acceptors (Lipinski definition) is 4. The zero-order chi connectivity index (χ0) is 17.1. The minimum atomic E-state index is -1.13. The number of ether oxygens (including phenoxy) is 1. The number of imide groups is 1. The molecule has 0 unspecified atom stereocenters. The summed E-state index contributed by atoms with van der Waals surface area (Å²) < 4.78 is 5.52. The van der Waals surface area contributed by atoms with E-state index in [0.717, 1.165) is 4.90 Å². The third-order valence-electron chi connectivity index (χ3n) is 2.95. The number of carbonyl (C=O) groups is 3. The van der Waals surface area contributed by atoms with Gasteiger partial charge in [0.1, 0.15) is 5.70 Å². The molecule has 0 saturated carbocycles. The molecule has 0 aromatic heterocycles. The first-order valence-electron chi connectivity index (χ1n) is 6.51. The molecule has 122 valence electrons. The monoisotopic (exact) mass is 402 g/mol. The summed E-state index contributed by atoms with van der Waals surface area (Å²) in [6.07, 6.45) is 1.48. The number of hydrogen-bond donors (Lipinski definition) is 2. The van der Waals surface area contributed by atoms with Crippen LogP contribution in [0.15, 0.2) is 22.3 Å². The van der Waals surface area contributed by atoms with Gasteiger partial charge in [-0.1, -0.05) is 11.6 Å². The standard InChI is InChI=1S/C14H12BrClN2O5/c1-2-18-13(21)10(17-14(18)22)5-7-3-8(15)12(9(16)4-7)23-6-11(19)20/h3-5H,2,6H2,1H3,(H,17,22)(H,19,20)/b10-5+. The highest BCUT2D eigenvalue weighted by Crippen LogP contribution is 2.35. The Morgan fingerprint density at radius 1 is 1.48 bits per heavy atom. The Labute approximate surface area is 145 Å². The molecule has 1 fully saturated rings. The number of aliphatic carboxylic acids is 1. The molecular formula is C14H12BrClN2O5. The molecule has 1 aliphatic rings. The van der Waals surface area contributed by atoms with Crippen molar-refractivity contribution < 1.29 is 24.2 Å². The van der Waals surface area contributed by atoms with Crippen LogP contribution in [0, 0.1) is 0 Å². The smallest absolute Gasteiger partial charge is 0.341 e. The van der Waals surface area contributed by atoms with Crippen molar-refractivity contribution >= 4 is 51.5 Å². The van der Waals surface area contributed by atoms with Gasteiger partial charge in [0.05, 0.1) is 9.50 Å². The van der Waals surface area contributed by atoms with E-state index in [9.17, 15) is 14.4 Å². The summed E-state index contributed by atoms with van der Waals surface area (Å²) in [6.45, 7) is 1.44. The average molecular weight is 404 g/mol. The van der Waals surface area contributed by atoms with E-state index in [1.807, 2.05) is 0 Å². The minimum absolute atomic E-state index is 0.138. The second-order valence-corrected chi connectivity index (χ2v) is 5.80. The lowest BCUT2D eigenvalue weighted by Gasteiger charge is -2.09. The molecule has 23 heavy (non-hydrogen) atoms. The summed E-state index contributed by atoms with van der Waals surface area (Å²) in [5.41, 5.74) is 0.685. The van der Waals surface area contributed by atoms with Crippen LogP contribution in [-0.4, -0.2) is 41.1 Å². The highest BCUT2D eigenvalue weighted by molar-refractivity contribution is 9.10. The Hall–Kier alpha value is -2.06. The van der Waals surface area contributed by atoms with Crippen molar-refractivity contribution in [1.82, 2.24) is 10.2 Å². The number of halogens is 2. The molecule has 3 amide bonds. The predicted octanol–water partition coefficient (Wildman–Crippen LogP) is 2.48. The van der Waals surface area contributed by atoms with Gasteiger partial charge >= 0.3 is 12.0 Å². The first-order chi connectivity index (χ1) is 10.8. The number of carboxylic acids is 1. The Bertz CT molecular complexity index is 696. The van der Waals surface area contributed by atoms with E-state index in [1.165, 1.54) is 12.1 Å². The van der Waals surface area contributed by atoms with Crippen LogP contribution in [0.5, 0.6) is 5.75 Å². The Kier molecular flexibility index (Phi) is 5.27. The van der Waals surface area contributed by atoms with Crippen molar-refractivity contribution in [3.05, 3.63) is 32.9 Å². The topological polar surface area (TPSA) is 95.9 Å². The number of carbonyl (C=O) groups excluding carboxylic acids is 2. The van der Waals surface area contributed by atoms with Gasteiger partial charge in [-0.15, -0.1) is 0 Å². The van der Waals surface area contributed by atoms with E-state index in [2.05, 4.69) is 21.2 Å². The van der Waals surface area contributed by atoms with Crippen molar-refractivity contribution in [1.29, 1.82) is 0 Å². The molecule has 0 spiro atoms. The van der Waals surface area contributed by atoms with E-state index in [0.29, 0.717) is 10.0 Å². The summed E-state index contributed by atoms with van der Waals surface area (Å²) >= 11 is 9.30. The number of urea groups is 1. The zero-order valence-corrected chi connectivity index (χ0v) is 14.3. The van der Waals surface area contributed by atoms with Gasteiger partial charge in [0.2, 0.25) is 0 Å². The summed E-state index contributed by atoms with van der Waals surface area (Å²) in [4.78, 5) is 35.2. The summed E-state index contributed by atoms with van der Waals surface area (Å²) in [5, 5.41) is 11.3. The van der Waals surface area contributed by atoms with Gasteiger partial charge in [-0.3, -0.25) is 9.69 Å². The molecule has 2 N–H and O–H groups in total. The second-order valence-electron chi connectivity index (χ2n) is 4.53. The number of rotatable bonds is 5. The molecule has 1 aromatic carbocycles. The lowest BCUT2D eigenvalue weighted by molar-refractivity contribution is -0.139. The van der Waals surface area contributed by atoms with E-state index in [-0.39, 0.29) is 23.0 Å². The van der Waals surface area contributed by atoms with Gasteiger partial charge in [-0.25, -0.2) is 9.59 Å². The maximum absolute atomic E-state index is 12.0. The second kappa shape index (κ2) is 7.01. The molecule has 2 rings (SSSR count). The van der Waals surface area contributed by atoms with Crippen LogP contribution < -0.4 is 10.1 Å². The molecule has 0 radical (unpaired) electrons. The maximum atomic E-state index is 12.0. The molecule has 0 aliphatic carbocycles. The van der Waals surface area contributed by atoms with E-state index in [4.69, 9.17) is 21.4 Å². The Morgan fingerprint density at radius 2 is 2.17 bits per heavy atom. The van der Waals surface area contributed by atoms with Gasteiger partial charge < -0.3 is 15.2 Å². The Balaban J connectivity index is 2.28. The first-order valence-corrected chi connectivity index (χ1v) is 7.68. The molecule has 7 nitrogen and oxygen atoms in total. The highest BCUT2D eigenvalue weighted by atomic mass is 79.9. The third-order valence-corrected chi connectivity index (χ3v) is 3.82. The number of likely N-dealkylation sites (N-methyl/N-ethyl adjacent to an activating group) is 1. The fourth-order valence-corrected chi connectivity index (χ4v) is 2.95. The van der Waals surface area contributed by atoms with Crippen molar-refractivity contribution in [2.75, 3.05) is 13.2 Å². The van der Waals surface area contributed by atoms with E-state index in [1.54, 1.807) is 13.0 Å². The zero-order valence-electron chi connectivity index (χ0n) is 11.9. The molecule has 1 aromatic rings. The summed E-state index contributed by atoms with van der Waals surface area (Å²) in [6, 6.07) is 2.63. The predicted molar refractivity (Wildman–Crippen MR) is 86.2 cm³/mol. The van der Waals surface area contributed by atoms with Gasteiger partial charge in [0, 0.05) is 6.54 Å². The number of benzene rings is 1. The first kappa shape index (κ1) is 17.3.